The van der Waals surface area contributed by atoms with Crippen LogP contribution in [0.5, 0.6) is 0 Å². The third-order valence-electron chi connectivity index (χ3n) is 3.32. The van der Waals surface area contributed by atoms with Crippen LogP contribution in [0.2, 0.25) is 10.2 Å². The first-order valence-electron chi connectivity index (χ1n) is 6.25. The van der Waals surface area contributed by atoms with E-state index in [1.54, 1.807) is 0 Å². The van der Waals surface area contributed by atoms with Crippen molar-refractivity contribution in [3.05, 3.63) is 21.9 Å². The second-order valence-electron chi connectivity index (χ2n) is 4.75. The number of hydrogen-bond acceptors (Lipinski definition) is 4. The van der Waals surface area contributed by atoms with Gasteiger partial charge in [0.2, 0.25) is 0 Å². The summed E-state index contributed by atoms with van der Waals surface area (Å²) in [4.78, 5) is 14.4. The number of nitrogens with zero attached hydrogens (tertiary/aromatic N) is 3. The van der Waals surface area contributed by atoms with Gasteiger partial charge in [-0.1, -0.05) is 11.6 Å². The number of rotatable bonds is 4. The standard InChI is InChI=1S/C12H17Cl2N4O/c1-17-5-2-9(3-6-17)16-18-12(14)10(4-7-19)11(13)8-15-18/h7-9H,2-6H2,1H3,(H,15,16)/q+1. The summed E-state index contributed by atoms with van der Waals surface area (Å²) < 4.78 is 0. The SMILES string of the molecule is CN1CCC(N[n+]2ncc(Cl)c(CC=O)c2Cl)CC1. The first-order chi connectivity index (χ1) is 9.11. The predicted octanol–water partition coefficient (Wildman–Crippen LogP) is 1.06. The summed E-state index contributed by atoms with van der Waals surface area (Å²) in [6.45, 7) is 2.09. The van der Waals surface area contributed by atoms with Gasteiger partial charge in [-0.3, -0.25) is 0 Å². The van der Waals surface area contributed by atoms with Gasteiger partial charge in [0.15, 0.2) is 0 Å². The van der Waals surface area contributed by atoms with Crippen LogP contribution in [-0.4, -0.2) is 42.5 Å². The van der Waals surface area contributed by atoms with Crippen LogP contribution in [0.15, 0.2) is 6.20 Å². The Morgan fingerprint density at radius 1 is 1.53 bits per heavy atom. The van der Waals surface area contributed by atoms with Crippen molar-refractivity contribution in [2.45, 2.75) is 25.3 Å². The molecule has 19 heavy (non-hydrogen) atoms. The summed E-state index contributed by atoms with van der Waals surface area (Å²) in [5.41, 5.74) is 3.87. The van der Waals surface area contributed by atoms with E-state index in [0.29, 0.717) is 21.8 Å². The zero-order valence-electron chi connectivity index (χ0n) is 10.8. The Kier molecular flexibility index (Phi) is 4.96. The molecule has 1 aromatic rings. The van der Waals surface area contributed by atoms with E-state index in [2.05, 4.69) is 22.5 Å². The first kappa shape index (κ1) is 14.5. The lowest BCUT2D eigenvalue weighted by atomic mass is 10.1. The number of carbonyl (C=O) groups excluding carboxylic acids is 1. The van der Waals surface area contributed by atoms with Crippen LogP contribution < -0.4 is 10.2 Å². The van der Waals surface area contributed by atoms with E-state index < -0.39 is 0 Å². The second kappa shape index (κ2) is 6.50. The Hall–Kier alpha value is -0.910. The third kappa shape index (κ3) is 3.55. The summed E-state index contributed by atoms with van der Waals surface area (Å²) in [6.07, 6.45) is 4.55. The minimum absolute atomic E-state index is 0.190. The van der Waals surface area contributed by atoms with E-state index in [4.69, 9.17) is 23.2 Å². The number of halogens is 2. The van der Waals surface area contributed by atoms with Gasteiger partial charge in [-0.15, -0.1) is 0 Å². The molecular formula is C12H17Cl2N4O+. The van der Waals surface area contributed by atoms with Crippen molar-refractivity contribution in [2.75, 3.05) is 25.6 Å². The van der Waals surface area contributed by atoms with E-state index in [9.17, 15) is 4.79 Å². The van der Waals surface area contributed by atoms with Gasteiger partial charge in [-0.05, 0) is 44.6 Å². The second-order valence-corrected chi connectivity index (χ2v) is 5.52. The van der Waals surface area contributed by atoms with E-state index in [1.807, 2.05) is 0 Å². The quantitative estimate of drug-likeness (QED) is 0.667. The smallest absolute Gasteiger partial charge is 0.306 e. The van der Waals surface area contributed by atoms with Crippen LogP contribution in [0.3, 0.4) is 0 Å². The van der Waals surface area contributed by atoms with Crippen molar-refractivity contribution >= 4 is 29.5 Å². The molecule has 104 valence electrons. The monoisotopic (exact) mass is 303 g/mol. The third-order valence-corrected chi connectivity index (χ3v) is 4.03. The molecule has 0 unspecified atom stereocenters. The highest BCUT2D eigenvalue weighted by molar-refractivity contribution is 6.34. The largest absolute Gasteiger partial charge is 0.338 e. The zero-order valence-corrected chi connectivity index (χ0v) is 12.3. The highest BCUT2D eigenvalue weighted by atomic mass is 35.5. The number of likely N-dealkylation sites (tertiary alicyclic amines) is 1. The Morgan fingerprint density at radius 2 is 2.21 bits per heavy atom. The molecule has 1 aromatic heterocycles. The van der Waals surface area contributed by atoms with Crippen molar-refractivity contribution in [2.24, 2.45) is 0 Å². The average molecular weight is 304 g/mol. The van der Waals surface area contributed by atoms with Gasteiger partial charge >= 0.3 is 5.15 Å². The van der Waals surface area contributed by atoms with Gasteiger partial charge in [-0.2, -0.15) is 5.43 Å². The molecule has 0 radical (unpaired) electrons. The fraction of sp³-hybridized carbons (Fsp3) is 0.583. The lowest BCUT2D eigenvalue weighted by Crippen LogP contribution is -2.56. The van der Waals surface area contributed by atoms with E-state index in [1.165, 1.54) is 11.0 Å². The van der Waals surface area contributed by atoms with Crippen LogP contribution in [0.1, 0.15) is 18.4 Å². The number of carbonyl (C=O) groups is 1. The van der Waals surface area contributed by atoms with Crippen molar-refractivity contribution in [3.8, 4) is 0 Å². The van der Waals surface area contributed by atoms with Crippen LogP contribution >= 0.6 is 23.2 Å². The maximum atomic E-state index is 10.6. The van der Waals surface area contributed by atoms with Crippen molar-refractivity contribution in [1.29, 1.82) is 0 Å². The predicted molar refractivity (Wildman–Crippen MR) is 74.1 cm³/mol. The zero-order chi connectivity index (χ0) is 13.8. The molecule has 0 aliphatic carbocycles. The van der Waals surface area contributed by atoms with E-state index in [-0.39, 0.29) is 6.42 Å². The molecule has 2 rings (SSSR count). The fourth-order valence-electron chi connectivity index (χ4n) is 2.13. The minimum Gasteiger partial charge on any atom is -0.306 e. The van der Waals surface area contributed by atoms with Gasteiger partial charge < -0.3 is 9.69 Å². The van der Waals surface area contributed by atoms with Crippen LogP contribution in [0.4, 0.5) is 0 Å². The molecule has 5 nitrogen and oxygen atoms in total. The van der Waals surface area contributed by atoms with Gasteiger partial charge in [0.05, 0.1) is 16.6 Å². The van der Waals surface area contributed by atoms with Crippen LogP contribution in [0.25, 0.3) is 0 Å². The molecule has 0 amide bonds. The fourth-order valence-corrected chi connectivity index (χ4v) is 2.66. The molecule has 2 heterocycles. The molecular weight excluding hydrogens is 287 g/mol. The molecule has 0 aromatic carbocycles. The molecule has 7 heteroatoms. The molecule has 1 saturated heterocycles. The Morgan fingerprint density at radius 3 is 2.84 bits per heavy atom. The summed E-state index contributed by atoms with van der Waals surface area (Å²) in [5.74, 6) is 0. The normalized spacial score (nSPS) is 17.4. The van der Waals surface area contributed by atoms with E-state index >= 15 is 0 Å². The maximum absolute atomic E-state index is 10.6. The lowest BCUT2D eigenvalue weighted by Gasteiger charge is -2.27. The van der Waals surface area contributed by atoms with Gasteiger partial charge in [0, 0.05) is 16.3 Å². The molecule has 0 spiro atoms. The summed E-state index contributed by atoms with van der Waals surface area (Å²) in [7, 11) is 2.11. The molecule has 1 aliphatic heterocycles. The van der Waals surface area contributed by atoms with Gasteiger partial charge in [-0.25, -0.2) is 0 Å². The highest BCUT2D eigenvalue weighted by Gasteiger charge is 2.25. The minimum atomic E-state index is 0.190. The summed E-state index contributed by atoms with van der Waals surface area (Å²) >= 11 is 12.2. The Labute approximate surface area is 122 Å². The van der Waals surface area contributed by atoms with Gasteiger partial charge in [0.25, 0.3) is 0 Å². The molecule has 0 bridgehead atoms. The van der Waals surface area contributed by atoms with Crippen molar-refractivity contribution in [1.82, 2.24) is 10.00 Å². The number of aldehydes is 1. The summed E-state index contributed by atoms with van der Waals surface area (Å²) in [5, 5.41) is 4.93. The number of aromatic nitrogens is 2. The molecule has 1 fully saturated rings. The van der Waals surface area contributed by atoms with Crippen LogP contribution in [-0.2, 0) is 11.2 Å². The van der Waals surface area contributed by atoms with Crippen molar-refractivity contribution < 1.29 is 9.59 Å². The molecule has 0 atom stereocenters. The Bertz CT molecular complexity index is 461. The molecule has 0 saturated carbocycles. The molecule has 1 N–H and O–H groups in total. The lowest BCUT2D eigenvalue weighted by molar-refractivity contribution is -0.711. The highest BCUT2D eigenvalue weighted by Crippen LogP contribution is 2.19. The Balaban J connectivity index is 2.12. The number of nitrogens with one attached hydrogen (secondary N) is 1. The average Bonchev–Trinajstić information content (AvgIpc) is 2.40. The van der Waals surface area contributed by atoms with Gasteiger partial charge in [0.1, 0.15) is 12.5 Å². The topological polar surface area (TPSA) is 49.1 Å². The number of hydrogen-bond donors (Lipinski definition) is 1. The summed E-state index contributed by atoms with van der Waals surface area (Å²) in [6, 6.07) is 0.330. The van der Waals surface area contributed by atoms with Crippen LogP contribution in [0, 0.1) is 0 Å². The van der Waals surface area contributed by atoms with Crippen molar-refractivity contribution in [3.63, 3.8) is 0 Å². The first-order valence-corrected chi connectivity index (χ1v) is 7.01. The van der Waals surface area contributed by atoms with E-state index in [0.717, 1.165) is 32.2 Å². The maximum Gasteiger partial charge on any atom is 0.338 e. The number of piperidine rings is 1. The molecule has 1 aliphatic rings.